The van der Waals surface area contributed by atoms with Gasteiger partial charge in [-0.25, -0.2) is 4.79 Å². The van der Waals surface area contributed by atoms with E-state index in [9.17, 15) is 4.79 Å². The van der Waals surface area contributed by atoms with Crippen LogP contribution in [-0.4, -0.2) is 47.7 Å². The molecule has 3 rings (SSSR count). The molecule has 5 nitrogen and oxygen atoms in total. The van der Waals surface area contributed by atoms with Gasteiger partial charge in [-0.1, -0.05) is 0 Å². The lowest BCUT2D eigenvalue weighted by atomic mass is 10.1. The molecule has 0 aliphatic carbocycles. The number of nitrogens with one attached hydrogen (secondary N) is 1. The molecule has 0 bridgehead atoms. The van der Waals surface area contributed by atoms with E-state index >= 15 is 0 Å². The van der Waals surface area contributed by atoms with Gasteiger partial charge in [0.15, 0.2) is 5.58 Å². The number of nitrogens with zero attached hydrogens (tertiary/aromatic N) is 2. The molecule has 1 aliphatic rings. The maximum Gasteiger partial charge on any atom is 0.419 e. The van der Waals surface area contributed by atoms with Crippen LogP contribution in [0.4, 0.5) is 5.69 Å². The first kappa shape index (κ1) is 15.5. The van der Waals surface area contributed by atoms with Crippen molar-refractivity contribution in [1.29, 1.82) is 0 Å². The van der Waals surface area contributed by atoms with E-state index in [0.717, 1.165) is 23.5 Å². The number of rotatable bonds is 5. The zero-order valence-corrected chi connectivity index (χ0v) is 14.0. The lowest BCUT2D eigenvalue weighted by Crippen LogP contribution is -2.25. The van der Waals surface area contributed by atoms with Crippen molar-refractivity contribution in [2.75, 3.05) is 37.5 Å². The monoisotopic (exact) mass is 321 g/mol. The third kappa shape index (κ3) is 3.50. The van der Waals surface area contributed by atoms with Gasteiger partial charge in [-0.05, 0) is 50.9 Å². The van der Waals surface area contributed by atoms with Crippen molar-refractivity contribution in [3.63, 3.8) is 0 Å². The molecule has 1 unspecified atom stereocenters. The number of oxazole rings is 1. The molecule has 0 amide bonds. The van der Waals surface area contributed by atoms with Gasteiger partial charge in [0.1, 0.15) is 0 Å². The molecule has 0 spiro atoms. The summed E-state index contributed by atoms with van der Waals surface area (Å²) < 4.78 is 7.05. The molecule has 0 radical (unpaired) electrons. The van der Waals surface area contributed by atoms with Gasteiger partial charge in [0.25, 0.3) is 0 Å². The second-order valence-corrected chi connectivity index (χ2v) is 7.21. The van der Waals surface area contributed by atoms with Gasteiger partial charge in [-0.2, -0.15) is 11.8 Å². The average Bonchev–Trinajstić information content (AvgIpc) is 2.81. The lowest BCUT2D eigenvalue weighted by Gasteiger charge is -2.23. The predicted octanol–water partition coefficient (Wildman–Crippen LogP) is 2.46. The van der Waals surface area contributed by atoms with Gasteiger partial charge < -0.3 is 14.6 Å². The molecule has 22 heavy (non-hydrogen) atoms. The maximum absolute atomic E-state index is 12.0. The second kappa shape index (κ2) is 6.79. The highest BCUT2D eigenvalue weighted by Gasteiger charge is 2.15. The minimum absolute atomic E-state index is 0.276. The molecule has 0 saturated carbocycles. The van der Waals surface area contributed by atoms with Crippen molar-refractivity contribution in [2.24, 2.45) is 0 Å². The van der Waals surface area contributed by atoms with Crippen LogP contribution in [0.5, 0.6) is 0 Å². The molecule has 1 fully saturated rings. The Bertz CT molecular complexity index is 686. The summed E-state index contributed by atoms with van der Waals surface area (Å²) in [5.41, 5.74) is 2.60. The van der Waals surface area contributed by atoms with Crippen molar-refractivity contribution in [3.05, 3.63) is 28.7 Å². The number of aromatic nitrogens is 1. The summed E-state index contributed by atoms with van der Waals surface area (Å²) in [7, 11) is 4.00. The van der Waals surface area contributed by atoms with Crippen LogP contribution in [0.3, 0.4) is 0 Å². The standard InChI is InChI=1S/C16H23N3O2S/c1-18(2)7-8-19-14-10-12(5-6-15(14)21-16(19)20)17-13-4-3-9-22-11-13/h5-6,10,13,17H,3-4,7-9,11H2,1-2H3. The smallest absolute Gasteiger partial charge is 0.408 e. The lowest BCUT2D eigenvalue weighted by molar-refractivity contribution is 0.374. The van der Waals surface area contributed by atoms with Crippen LogP contribution in [0.1, 0.15) is 12.8 Å². The third-order valence-electron chi connectivity index (χ3n) is 3.97. The summed E-state index contributed by atoms with van der Waals surface area (Å²) in [6, 6.07) is 6.45. The largest absolute Gasteiger partial charge is 0.419 e. The maximum atomic E-state index is 12.0. The molecule has 1 saturated heterocycles. The Labute approximate surface area is 134 Å². The van der Waals surface area contributed by atoms with E-state index in [1.54, 1.807) is 4.57 Å². The normalized spacial score (nSPS) is 19.0. The summed E-state index contributed by atoms with van der Waals surface area (Å²) in [4.78, 5) is 14.1. The first-order chi connectivity index (χ1) is 10.6. The number of fused-ring (bicyclic) bond motifs is 1. The summed E-state index contributed by atoms with van der Waals surface area (Å²) in [6.07, 6.45) is 2.48. The van der Waals surface area contributed by atoms with E-state index in [2.05, 4.69) is 10.2 Å². The highest BCUT2D eigenvalue weighted by molar-refractivity contribution is 7.99. The molecule has 1 aliphatic heterocycles. The minimum Gasteiger partial charge on any atom is -0.408 e. The SMILES string of the molecule is CN(C)CCn1c(=O)oc2ccc(NC3CCCSC3)cc21. The van der Waals surface area contributed by atoms with Gasteiger partial charge >= 0.3 is 5.76 Å². The number of thioether (sulfide) groups is 1. The van der Waals surface area contributed by atoms with Crippen molar-refractivity contribution < 1.29 is 4.42 Å². The molecule has 1 N–H and O–H groups in total. The number of hydrogen-bond donors (Lipinski definition) is 1. The second-order valence-electron chi connectivity index (χ2n) is 6.06. The number of anilines is 1. The van der Waals surface area contributed by atoms with E-state index in [0.29, 0.717) is 18.2 Å². The van der Waals surface area contributed by atoms with Crippen LogP contribution in [0, 0.1) is 0 Å². The van der Waals surface area contributed by atoms with Crippen LogP contribution in [0.2, 0.25) is 0 Å². The fraction of sp³-hybridized carbons (Fsp3) is 0.562. The summed E-state index contributed by atoms with van der Waals surface area (Å²) in [5.74, 6) is 2.14. The summed E-state index contributed by atoms with van der Waals surface area (Å²) in [5, 5.41) is 3.59. The molecular formula is C16H23N3O2S. The molecule has 1 aromatic heterocycles. The summed E-state index contributed by atoms with van der Waals surface area (Å²) in [6.45, 7) is 1.45. The highest BCUT2D eigenvalue weighted by Crippen LogP contribution is 2.23. The van der Waals surface area contributed by atoms with E-state index in [1.807, 2.05) is 44.1 Å². The minimum atomic E-state index is -0.276. The van der Waals surface area contributed by atoms with E-state index in [-0.39, 0.29) is 5.76 Å². The van der Waals surface area contributed by atoms with E-state index in [4.69, 9.17) is 4.42 Å². The Morgan fingerprint density at radius 2 is 2.32 bits per heavy atom. The van der Waals surface area contributed by atoms with Gasteiger partial charge in [-0.15, -0.1) is 0 Å². The molecule has 1 aromatic carbocycles. The fourth-order valence-electron chi connectivity index (χ4n) is 2.75. The van der Waals surface area contributed by atoms with Gasteiger partial charge in [-0.3, -0.25) is 4.57 Å². The van der Waals surface area contributed by atoms with Crippen LogP contribution in [0.15, 0.2) is 27.4 Å². The van der Waals surface area contributed by atoms with Gasteiger partial charge in [0.05, 0.1) is 5.52 Å². The molecule has 6 heteroatoms. The molecule has 2 heterocycles. The van der Waals surface area contributed by atoms with Crippen molar-refractivity contribution >= 4 is 28.5 Å². The van der Waals surface area contributed by atoms with Gasteiger partial charge in [0.2, 0.25) is 0 Å². The Balaban J connectivity index is 1.83. The average molecular weight is 321 g/mol. The first-order valence-electron chi connectivity index (χ1n) is 7.76. The highest BCUT2D eigenvalue weighted by atomic mass is 32.2. The van der Waals surface area contributed by atoms with Crippen molar-refractivity contribution in [3.8, 4) is 0 Å². The Hall–Kier alpha value is -1.40. The molecular weight excluding hydrogens is 298 g/mol. The molecule has 120 valence electrons. The van der Waals surface area contributed by atoms with E-state index in [1.165, 1.54) is 18.6 Å². The van der Waals surface area contributed by atoms with Crippen LogP contribution >= 0.6 is 11.8 Å². The van der Waals surface area contributed by atoms with E-state index < -0.39 is 0 Å². The van der Waals surface area contributed by atoms with Crippen LogP contribution in [-0.2, 0) is 6.54 Å². The topological polar surface area (TPSA) is 50.4 Å². The predicted molar refractivity (Wildman–Crippen MR) is 93.0 cm³/mol. The number of hydrogen-bond acceptors (Lipinski definition) is 5. The Morgan fingerprint density at radius 1 is 1.45 bits per heavy atom. The zero-order valence-electron chi connectivity index (χ0n) is 13.2. The Morgan fingerprint density at radius 3 is 3.05 bits per heavy atom. The number of benzene rings is 1. The van der Waals surface area contributed by atoms with Gasteiger partial charge in [0, 0.05) is 30.6 Å². The van der Waals surface area contributed by atoms with Crippen molar-refractivity contribution in [1.82, 2.24) is 9.47 Å². The Kier molecular flexibility index (Phi) is 4.78. The molecule has 1 atom stereocenters. The summed E-state index contributed by atoms with van der Waals surface area (Å²) >= 11 is 2.00. The fourth-order valence-corrected chi connectivity index (χ4v) is 3.83. The number of likely N-dealkylation sites (N-methyl/N-ethyl adjacent to an activating group) is 1. The van der Waals surface area contributed by atoms with Crippen LogP contribution < -0.4 is 11.1 Å². The quantitative estimate of drug-likeness (QED) is 0.917. The zero-order chi connectivity index (χ0) is 15.5. The third-order valence-corrected chi connectivity index (χ3v) is 5.18. The van der Waals surface area contributed by atoms with Crippen molar-refractivity contribution in [2.45, 2.75) is 25.4 Å². The first-order valence-corrected chi connectivity index (χ1v) is 8.91. The molecule has 2 aromatic rings. The van der Waals surface area contributed by atoms with Crippen LogP contribution in [0.25, 0.3) is 11.1 Å².